The first-order valence-electron chi connectivity index (χ1n) is 8.14. The van der Waals surface area contributed by atoms with E-state index in [9.17, 15) is 4.79 Å². The fourth-order valence-corrected chi connectivity index (χ4v) is 4.07. The monoisotopic (exact) mass is 422 g/mol. The number of nitrogens with one attached hydrogen (secondary N) is 1. The lowest BCUT2D eigenvalue weighted by atomic mass is 10.1. The summed E-state index contributed by atoms with van der Waals surface area (Å²) < 4.78 is 2.04. The number of thiazole rings is 1. The van der Waals surface area contributed by atoms with Crippen LogP contribution in [-0.2, 0) is 0 Å². The standard InChI is InChI=1S/C21H15BrN2OS/c1-13-9-10-15(21-24-17-7-2-3-8-19(17)26-21)12-18(13)23-20(25)14-5-4-6-16(22)11-14/h2-12H,1H3,(H,23,25). The van der Waals surface area contributed by atoms with E-state index in [1.54, 1.807) is 17.4 Å². The third-order valence-corrected chi connectivity index (χ3v) is 5.69. The van der Waals surface area contributed by atoms with Crippen LogP contribution in [0.5, 0.6) is 0 Å². The number of carbonyl (C=O) groups excluding carboxylic acids is 1. The Bertz CT molecular complexity index is 1090. The van der Waals surface area contributed by atoms with Gasteiger partial charge in [-0.2, -0.15) is 0 Å². The second-order valence-corrected chi connectivity index (χ2v) is 7.93. The molecule has 4 aromatic rings. The molecule has 3 nitrogen and oxygen atoms in total. The van der Waals surface area contributed by atoms with Gasteiger partial charge in [0.1, 0.15) is 5.01 Å². The average molecular weight is 423 g/mol. The number of aromatic nitrogens is 1. The van der Waals surface area contributed by atoms with Crippen molar-refractivity contribution in [3.05, 3.63) is 82.3 Å². The molecular formula is C21H15BrN2OS. The first-order chi connectivity index (χ1) is 12.6. The van der Waals surface area contributed by atoms with Crippen molar-refractivity contribution in [2.45, 2.75) is 6.92 Å². The van der Waals surface area contributed by atoms with Crippen LogP contribution in [0.3, 0.4) is 0 Å². The van der Waals surface area contributed by atoms with E-state index in [-0.39, 0.29) is 5.91 Å². The maximum atomic E-state index is 12.6. The van der Waals surface area contributed by atoms with Gasteiger partial charge in [0.15, 0.2) is 0 Å². The predicted octanol–water partition coefficient (Wildman–Crippen LogP) is 6.29. The Morgan fingerprint density at radius 3 is 2.69 bits per heavy atom. The van der Waals surface area contributed by atoms with E-state index in [0.717, 1.165) is 36.5 Å². The van der Waals surface area contributed by atoms with Crippen LogP contribution in [0, 0.1) is 6.92 Å². The fourth-order valence-electron chi connectivity index (χ4n) is 2.71. The predicted molar refractivity (Wildman–Crippen MR) is 112 cm³/mol. The molecule has 0 unspecified atom stereocenters. The summed E-state index contributed by atoms with van der Waals surface area (Å²) in [7, 11) is 0. The quantitative estimate of drug-likeness (QED) is 0.421. The first-order valence-corrected chi connectivity index (χ1v) is 9.74. The van der Waals surface area contributed by atoms with E-state index in [0.29, 0.717) is 5.56 Å². The Hall–Kier alpha value is -2.50. The summed E-state index contributed by atoms with van der Waals surface area (Å²) in [6, 6.07) is 21.5. The molecule has 5 heteroatoms. The van der Waals surface area contributed by atoms with Gasteiger partial charge in [-0.25, -0.2) is 4.98 Å². The Balaban J connectivity index is 1.67. The molecule has 0 aliphatic rings. The number of para-hydroxylation sites is 1. The molecular weight excluding hydrogens is 408 g/mol. The molecule has 0 aliphatic carbocycles. The molecule has 128 valence electrons. The zero-order valence-electron chi connectivity index (χ0n) is 14.0. The number of nitrogens with zero attached hydrogens (tertiary/aromatic N) is 1. The van der Waals surface area contributed by atoms with Crippen molar-refractivity contribution >= 4 is 49.1 Å². The molecule has 0 saturated carbocycles. The van der Waals surface area contributed by atoms with Crippen LogP contribution in [0.2, 0.25) is 0 Å². The van der Waals surface area contributed by atoms with Crippen molar-refractivity contribution in [1.82, 2.24) is 4.98 Å². The van der Waals surface area contributed by atoms with Crippen molar-refractivity contribution in [2.24, 2.45) is 0 Å². The zero-order chi connectivity index (χ0) is 18.1. The van der Waals surface area contributed by atoms with Crippen LogP contribution in [0.15, 0.2) is 71.2 Å². The van der Waals surface area contributed by atoms with Gasteiger partial charge in [-0.1, -0.05) is 46.3 Å². The molecule has 4 rings (SSSR count). The van der Waals surface area contributed by atoms with Crippen LogP contribution in [0.1, 0.15) is 15.9 Å². The number of hydrogen-bond donors (Lipinski definition) is 1. The lowest BCUT2D eigenvalue weighted by Gasteiger charge is -2.10. The molecule has 0 bridgehead atoms. The average Bonchev–Trinajstić information content (AvgIpc) is 3.07. The minimum atomic E-state index is -0.129. The summed E-state index contributed by atoms with van der Waals surface area (Å²) in [5.41, 5.74) is 4.42. The van der Waals surface area contributed by atoms with Crippen LogP contribution < -0.4 is 5.32 Å². The minimum absolute atomic E-state index is 0.129. The molecule has 3 aromatic carbocycles. The third kappa shape index (κ3) is 3.41. The van der Waals surface area contributed by atoms with Gasteiger partial charge >= 0.3 is 0 Å². The molecule has 1 N–H and O–H groups in total. The van der Waals surface area contributed by atoms with Crippen molar-refractivity contribution in [3.63, 3.8) is 0 Å². The van der Waals surface area contributed by atoms with E-state index in [1.165, 1.54) is 0 Å². The summed E-state index contributed by atoms with van der Waals surface area (Å²) >= 11 is 5.05. The van der Waals surface area contributed by atoms with E-state index in [2.05, 4.69) is 27.3 Å². The van der Waals surface area contributed by atoms with Gasteiger partial charge in [-0.3, -0.25) is 4.79 Å². The van der Waals surface area contributed by atoms with Gasteiger partial charge in [-0.15, -0.1) is 11.3 Å². The maximum absolute atomic E-state index is 12.6. The molecule has 0 atom stereocenters. The van der Waals surface area contributed by atoms with Crippen LogP contribution in [0.25, 0.3) is 20.8 Å². The van der Waals surface area contributed by atoms with Gasteiger partial charge in [0, 0.05) is 21.3 Å². The Kier molecular flexibility index (Phi) is 4.57. The highest BCUT2D eigenvalue weighted by Crippen LogP contribution is 2.32. The first kappa shape index (κ1) is 16.9. The topological polar surface area (TPSA) is 42.0 Å². The van der Waals surface area contributed by atoms with E-state index >= 15 is 0 Å². The molecule has 0 saturated heterocycles. The van der Waals surface area contributed by atoms with Crippen molar-refractivity contribution in [2.75, 3.05) is 5.32 Å². The lowest BCUT2D eigenvalue weighted by Crippen LogP contribution is -2.12. The SMILES string of the molecule is Cc1ccc(-c2nc3ccccc3s2)cc1NC(=O)c1cccc(Br)c1. The largest absolute Gasteiger partial charge is 0.322 e. The molecule has 0 fully saturated rings. The highest BCUT2D eigenvalue weighted by Gasteiger charge is 2.11. The van der Waals surface area contributed by atoms with Crippen LogP contribution >= 0.6 is 27.3 Å². The van der Waals surface area contributed by atoms with Crippen molar-refractivity contribution < 1.29 is 4.79 Å². The fraction of sp³-hybridized carbons (Fsp3) is 0.0476. The van der Waals surface area contributed by atoms with Gasteiger partial charge in [0.05, 0.1) is 10.2 Å². The Labute approximate surface area is 163 Å². The smallest absolute Gasteiger partial charge is 0.255 e. The number of carbonyl (C=O) groups is 1. The van der Waals surface area contributed by atoms with Crippen LogP contribution in [-0.4, -0.2) is 10.9 Å². The normalized spacial score (nSPS) is 10.8. The summed E-state index contributed by atoms with van der Waals surface area (Å²) in [5.74, 6) is -0.129. The molecule has 0 radical (unpaired) electrons. The summed E-state index contributed by atoms with van der Waals surface area (Å²) in [6.45, 7) is 1.98. The number of hydrogen-bond acceptors (Lipinski definition) is 3. The van der Waals surface area contributed by atoms with Gasteiger partial charge in [0.2, 0.25) is 0 Å². The van der Waals surface area contributed by atoms with Gasteiger partial charge < -0.3 is 5.32 Å². The number of halogens is 1. The number of fused-ring (bicyclic) bond motifs is 1. The van der Waals surface area contributed by atoms with Gasteiger partial charge in [0.25, 0.3) is 5.91 Å². The molecule has 1 aromatic heterocycles. The molecule has 1 heterocycles. The number of aryl methyl sites for hydroxylation is 1. The Morgan fingerprint density at radius 1 is 1.04 bits per heavy atom. The summed E-state index contributed by atoms with van der Waals surface area (Å²) in [4.78, 5) is 17.3. The van der Waals surface area contributed by atoms with E-state index < -0.39 is 0 Å². The van der Waals surface area contributed by atoms with E-state index in [1.807, 2.05) is 61.5 Å². The highest BCUT2D eigenvalue weighted by atomic mass is 79.9. The number of amides is 1. The lowest BCUT2D eigenvalue weighted by molar-refractivity contribution is 0.102. The minimum Gasteiger partial charge on any atom is -0.322 e. The number of anilines is 1. The van der Waals surface area contributed by atoms with Crippen LogP contribution in [0.4, 0.5) is 5.69 Å². The molecule has 0 aliphatic heterocycles. The molecule has 1 amide bonds. The summed E-state index contributed by atoms with van der Waals surface area (Å²) in [6.07, 6.45) is 0. The number of rotatable bonds is 3. The van der Waals surface area contributed by atoms with Gasteiger partial charge in [-0.05, 0) is 48.9 Å². The summed E-state index contributed by atoms with van der Waals surface area (Å²) in [5, 5.41) is 3.96. The molecule has 26 heavy (non-hydrogen) atoms. The Morgan fingerprint density at radius 2 is 1.88 bits per heavy atom. The van der Waals surface area contributed by atoms with Crippen molar-refractivity contribution in [3.8, 4) is 10.6 Å². The highest BCUT2D eigenvalue weighted by molar-refractivity contribution is 9.10. The number of benzene rings is 3. The zero-order valence-corrected chi connectivity index (χ0v) is 16.4. The second kappa shape index (κ2) is 7.02. The second-order valence-electron chi connectivity index (χ2n) is 5.98. The van der Waals surface area contributed by atoms with E-state index in [4.69, 9.17) is 4.98 Å². The molecule has 0 spiro atoms. The third-order valence-electron chi connectivity index (χ3n) is 4.11. The maximum Gasteiger partial charge on any atom is 0.255 e. The van der Waals surface area contributed by atoms with Crippen molar-refractivity contribution in [1.29, 1.82) is 0 Å².